The monoisotopic (exact) mass is 270 g/mol. The van der Waals surface area contributed by atoms with Gasteiger partial charge in [0.25, 0.3) is 0 Å². The van der Waals surface area contributed by atoms with Crippen molar-refractivity contribution >= 4 is 26.4 Å². The van der Waals surface area contributed by atoms with E-state index in [0.717, 1.165) is 0 Å². The zero-order valence-corrected chi connectivity index (χ0v) is 8.32. The van der Waals surface area contributed by atoms with Crippen LogP contribution in [0.25, 0.3) is 0 Å². The van der Waals surface area contributed by atoms with Crippen LogP contribution in [0.1, 0.15) is 3.58 Å². The SMILES string of the molecule is [NH3+][C@@H](Cc1ccc[te]1)C(=O)O. The molecule has 1 atom stereocenters. The second kappa shape index (κ2) is 3.91. The van der Waals surface area contributed by atoms with E-state index in [0.29, 0.717) is 6.42 Å². The summed E-state index contributed by atoms with van der Waals surface area (Å²) in [6.07, 6.45) is 0.630. The number of carbonyl (C=O) groups is 1. The van der Waals surface area contributed by atoms with Gasteiger partial charge >= 0.3 is 74.3 Å². The number of carboxylic acids is 1. The van der Waals surface area contributed by atoms with Gasteiger partial charge < -0.3 is 0 Å². The Bertz CT molecular complexity index is 233. The maximum atomic E-state index is 10.4. The summed E-state index contributed by atoms with van der Waals surface area (Å²) in [5, 5.41) is 8.55. The third-order valence-corrected chi connectivity index (χ3v) is 3.94. The quantitative estimate of drug-likeness (QED) is 0.689. The zero-order chi connectivity index (χ0) is 8.27. The fourth-order valence-corrected chi connectivity index (χ4v) is 3.00. The van der Waals surface area contributed by atoms with Crippen LogP contribution < -0.4 is 5.73 Å². The van der Waals surface area contributed by atoms with Crippen molar-refractivity contribution in [1.29, 1.82) is 0 Å². The number of hydrogen-bond donors (Lipinski definition) is 2. The van der Waals surface area contributed by atoms with Crippen LogP contribution in [0.2, 0.25) is 0 Å². The molecule has 0 radical (unpaired) electrons. The van der Waals surface area contributed by atoms with Gasteiger partial charge in [-0.2, -0.15) is 0 Å². The third-order valence-electron chi connectivity index (χ3n) is 1.38. The molecule has 1 aromatic heterocycles. The Hall–Kier alpha value is -0.300. The molecule has 11 heavy (non-hydrogen) atoms. The first-order valence-corrected chi connectivity index (χ1v) is 5.79. The van der Waals surface area contributed by atoms with Crippen molar-refractivity contribution < 1.29 is 15.6 Å². The van der Waals surface area contributed by atoms with Crippen molar-refractivity contribution in [2.45, 2.75) is 12.5 Å². The molecule has 0 saturated heterocycles. The van der Waals surface area contributed by atoms with E-state index in [1.807, 2.05) is 12.1 Å². The summed E-state index contributed by atoms with van der Waals surface area (Å²) >= 11 is -0.168. The molecule has 0 amide bonds. The van der Waals surface area contributed by atoms with Crippen LogP contribution >= 0.6 is 0 Å². The second-order valence-corrected chi connectivity index (χ2v) is 5.26. The molecule has 0 aliphatic rings. The van der Waals surface area contributed by atoms with Crippen LogP contribution in [-0.4, -0.2) is 37.5 Å². The van der Waals surface area contributed by atoms with Gasteiger partial charge in [0.1, 0.15) is 0 Å². The molecule has 0 saturated carbocycles. The van der Waals surface area contributed by atoms with Crippen molar-refractivity contribution in [3.05, 3.63) is 19.8 Å². The van der Waals surface area contributed by atoms with E-state index in [-0.39, 0.29) is 20.4 Å². The van der Waals surface area contributed by atoms with E-state index in [2.05, 4.69) is 9.82 Å². The Morgan fingerprint density at radius 2 is 2.55 bits per heavy atom. The van der Waals surface area contributed by atoms with Gasteiger partial charge in [-0.25, -0.2) is 0 Å². The van der Waals surface area contributed by atoms with Gasteiger partial charge in [-0.05, 0) is 0 Å². The van der Waals surface area contributed by atoms with Gasteiger partial charge in [0, 0.05) is 0 Å². The zero-order valence-electron chi connectivity index (χ0n) is 5.99. The minimum atomic E-state index is -0.801. The van der Waals surface area contributed by atoms with Crippen molar-refractivity contribution in [2.24, 2.45) is 0 Å². The number of rotatable bonds is 3. The molecule has 4 N–H and O–H groups in total. The van der Waals surface area contributed by atoms with Crippen LogP contribution in [0.4, 0.5) is 0 Å². The molecule has 1 heterocycles. The summed E-state index contributed by atoms with van der Waals surface area (Å²) < 4.78 is 3.44. The van der Waals surface area contributed by atoms with Crippen LogP contribution in [-0.2, 0) is 11.2 Å². The topological polar surface area (TPSA) is 64.9 Å². The average molecular weight is 268 g/mol. The molecular formula is C7H10NO2Te+. The molecule has 1 aromatic rings. The van der Waals surface area contributed by atoms with Gasteiger partial charge in [-0.15, -0.1) is 0 Å². The fraction of sp³-hybridized carbons (Fsp3) is 0.286. The molecule has 0 aromatic carbocycles. The number of hydrogen-bond acceptors (Lipinski definition) is 1. The standard InChI is InChI=1S/C7H9NO2Te/c8-6(7(9)10)4-5-2-1-3-11-5/h1-3,6H,4,8H2,(H,9,10)/p+1/t6-/m0/s1. The molecule has 0 spiro atoms. The van der Waals surface area contributed by atoms with Crippen LogP contribution in [0, 0.1) is 0 Å². The normalized spacial score (nSPS) is 12.8. The summed E-state index contributed by atoms with van der Waals surface area (Å²) in [6, 6.07) is 3.56. The van der Waals surface area contributed by atoms with Gasteiger partial charge in [-0.3, -0.25) is 0 Å². The van der Waals surface area contributed by atoms with E-state index < -0.39 is 12.0 Å². The first-order valence-electron chi connectivity index (χ1n) is 3.28. The first-order chi connectivity index (χ1) is 5.20. The van der Waals surface area contributed by atoms with Crippen LogP contribution in [0.15, 0.2) is 16.2 Å². The number of carboxylic acid groups (broad SMARTS) is 1. The van der Waals surface area contributed by atoms with Gasteiger partial charge in [0.05, 0.1) is 0 Å². The van der Waals surface area contributed by atoms with Crippen LogP contribution in [0.3, 0.4) is 0 Å². The van der Waals surface area contributed by atoms with E-state index >= 15 is 0 Å². The summed E-state index contributed by atoms with van der Waals surface area (Å²) in [5.41, 5.74) is 3.55. The Kier molecular flexibility index (Phi) is 3.13. The average Bonchev–Trinajstić information content (AvgIpc) is 2.39. The Morgan fingerprint density at radius 1 is 1.82 bits per heavy atom. The van der Waals surface area contributed by atoms with E-state index in [1.165, 1.54) is 3.58 Å². The molecule has 0 unspecified atom stereocenters. The molecule has 3 nitrogen and oxygen atoms in total. The summed E-state index contributed by atoms with van der Waals surface area (Å²) in [7, 11) is 0. The van der Waals surface area contributed by atoms with E-state index in [9.17, 15) is 4.79 Å². The van der Waals surface area contributed by atoms with Crippen molar-refractivity contribution in [3.8, 4) is 0 Å². The van der Waals surface area contributed by atoms with Gasteiger partial charge in [-0.1, -0.05) is 0 Å². The molecule has 4 heteroatoms. The molecule has 0 aliphatic heterocycles. The van der Waals surface area contributed by atoms with Crippen molar-refractivity contribution in [1.82, 2.24) is 0 Å². The summed E-state index contributed by atoms with van der Waals surface area (Å²) in [4.78, 5) is 10.4. The number of quaternary nitrogens is 1. The first kappa shape index (κ1) is 8.79. The predicted octanol–water partition coefficient (Wildman–Crippen LogP) is -1.02. The maximum absolute atomic E-state index is 10.4. The molecular weight excluding hydrogens is 258 g/mol. The Morgan fingerprint density at radius 3 is 3.00 bits per heavy atom. The third kappa shape index (κ3) is 2.66. The van der Waals surface area contributed by atoms with Gasteiger partial charge in [0.2, 0.25) is 0 Å². The molecule has 0 aliphatic carbocycles. The van der Waals surface area contributed by atoms with Crippen LogP contribution in [0.5, 0.6) is 0 Å². The fourth-order valence-electron chi connectivity index (χ4n) is 0.759. The molecule has 0 bridgehead atoms. The minimum absolute atomic E-state index is 0.168. The summed E-state index contributed by atoms with van der Waals surface area (Å²) in [6.45, 7) is 0. The Balaban J connectivity index is 2.50. The second-order valence-electron chi connectivity index (χ2n) is 2.32. The van der Waals surface area contributed by atoms with Crippen molar-refractivity contribution in [2.75, 3.05) is 0 Å². The summed E-state index contributed by atoms with van der Waals surface area (Å²) in [5.74, 6) is -0.801. The molecule has 0 fully saturated rings. The Labute approximate surface area is 74.4 Å². The van der Waals surface area contributed by atoms with Gasteiger partial charge in [0.15, 0.2) is 0 Å². The molecule has 1 rings (SSSR count). The predicted molar refractivity (Wildman–Crippen MR) is 41.4 cm³/mol. The van der Waals surface area contributed by atoms with E-state index in [4.69, 9.17) is 5.11 Å². The number of aliphatic carboxylic acids is 1. The van der Waals surface area contributed by atoms with Crippen molar-refractivity contribution in [3.63, 3.8) is 0 Å². The van der Waals surface area contributed by atoms with E-state index in [1.54, 1.807) is 0 Å². The molecule has 60 valence electrons.